The van der Waals surface area contributed by atoms with Crippen molar-refractivity contribution in [1.82, 2.24) is 0 Å². The van der Waals surface area contributed by atoms with Crippen molar-refractivity contribution in [2.75, 3.05) is 7.11 Å². The molecule has 0 amide bonds. The third-order valence-electron chi connectivity index (χ3n) is 2.98. The van der Waals surface area contributed by atoms with E-state index in [1.165, 1.54) is 25.3 Å². The Labute approximate surface area is 124 Å². The molecule has 0 fully saturated rings. The van der Waals surface area contributed by atoms with Gasteiger partial charge in [-0.25, -0.2) is 8.78 Å². The number of nitrogens with two attached hydrogens (primary N) is 1. The van der Waals surface area contributed by atoms with Crippen LogP contribution in [0.1, 0.15) is 17.2 Å². The van der Waals surface area contributed by atoms with E-state index in [-0.39, 0.29) is 17.6 Å². The molecule has 2 aromatic rings. The highest BCUT2D eigenvalue weighted by Crippen LogP contribution is 2.25. The summed E-state index contributed by atoms with van der Waals surface area (Å²) >= 11 is 3.24. The van der Waals surface area contributed by atoms with Crippen molar-refractivity contribution in [3.05, 3.63) is 63.6 Å². The Bertz CT molecular complexity index is 599. The lowest BCUT2D eigenvalue weighted by atomic mass is 9.99. The topological polar surface area (TPSA) is 35.2 Å². The van der Waals surface area contributed by atoms with Crippen LogP contribution in [0.5, 0.6) is 5.75 Å². The SMILES string of the molecule is COc1cc(C(N)Cc2cc(F)cc(Br)c2)ccc1F. The highest BCUT2D eigenvalue weighted by Gasteiger charge is 2.12. The van der Waals surface area contributed by atoms with E-state index in [1.54, 1.807) is 12.1 Å². The van der Waals surface area contributed by atoms with Gasteiger partial charge < -0.3 is 10.5 Å². The van der Waals surface area contributed by atoms with Gasteiger partial charge in [0.1, 0.15) is 5.82 Å². The number of benzene rings is 2. The summed E-state index contributed by atoms with van der Waals surface area (Å²) in [5, 5.41) is 0. The van der Waals surface area contributed by atoms with E-state index >= 15 is 0 Å². The molecule has 20 heavy (non-hydrogen) atoms. The molecule has 2 aromatic carbocycles. The number of methoxy groups -OCH3 is 1. The van der Waals surface area contributed by atoms with Crippen molar-refractivity contribution in [2.45, 2.75) is 12.5 Å². The zero-order chi connectivity index (χ0) is 14.7. The summed E-state index contributed by atoms with van der Waals surface area (Å²) in [5.74, 6) is -0.603. The van der Waals surface area contributed by atoms with Gasteiger partial charge in [-0.05, 0) is 47.9 Å². The summed E-state index contributed by atoms with van der Waals surface area (Å²) < 4.78 is 32.2. The van der Waals surface area contributed by atoms with E-state index in [0.29, 0.717) is 10.9 Å². The molecule has 0 spiro atoms. The fourth-order valence-corrected chi connectivity index (χ4v) is 2.52. The van der Waals surface area contributed by atoms with Crippen molar-refractivity contribution in [1.29, 1.82) is 0 Å². The van der Waals surface area contributed by atoms with Crippen LogP contribution >= 0.6 is 15.9 Å². The molecule has 0 bridgehead atoms. The summed E-state index contributed by atoms with van der Waals surface area (Å²) in [6.07, 6.45) is 0.450. The molecule has 2 N–H and O–H groups in total. The fraction of sp³-hybridized carbons (Fsp3) is 0.200. The summed E-state index contributed by atoms with van der Waals surface area (Å²) in [6, 6.07) is 8.75. The Morgan fingerprint density at radius 1 is 1.20 bits per heavy atom. The molecular weight excluding hydrogens is 328 g/mol. The third-order valence-corrected chi connectivity index (χ3v) is 3.44. The molecule has 106 valence electrons. The average molecular weight is 342 g/mol. The lowest BCUT2D eigenvalue weighted by Crippen LogP contribution is -2.13. The van der Waals surface area contributed by atoms with Gasteiger partial charge in [0.05, 0.1) is 7.11 Å². The first-order valence-corrected chi connectivity index (χ1v) is 6.83. The van der Waals surface area contributed by atoms with Gasteiger partial charge in [-0.15, -0.1) is 0 Å². The monoisotopic (exact) mass is 341 g/mol. The molecule has 0 aliphatic carbocycles. The Kier molecular flexibility index (Phi) is 4.73. The van der Waals surface area contributed by atoms with E-state index in [0.717, 1.165) is 11.1 Å². The minimum absolute atomic E-state index is 0.151. The van der Waals surface area contributed by atoms with Crippen LogP contribution in [0.4, 0.5) is 8.78 Å². The number of halogens is 3. The summed E-state index contributed by atoms with van der Waals surface area (Å²) in [7, 11) is 1.40. The van der Waals surface area contributed by atoms with E-state index in [2.05, 4.69) is 15.9 Å². The van der Waals surface area contributed by atoms with Crippen molar-refractivity contribution in [2.24, 2.45) is 5.73 Å². The maximum absolute atomic E-state index is 13.3. The summed E-state index contributed by atoms with van der Waals surface area (Å²) in [5.41, 5.74) is 7.60. The highest BCUT2D eigenvalue weighted by atomic mass is 79.9. The Balaban J connectivity index is 2.21. The van der Waals surface area contributed by atoms with E-state index < -0.39 is 5.82 Å². The van der Waals surface area contributed by atoms with Gasteiger partial charge in [0.25, 0.3) is 0 Å². The molecule has 0 aromatic heterocycles. The maximum atomic E-state index is 13.3. The number of ether oxygens (including phenoxy) is 1. The van der Waals surface area contributed by atoms with Crippen LogP contribution in [-0.4, -0.2) is 7.11 Å². The second-order valence-corrected chi connectivity index (χ2v) is 5.40. The smallest absolute Gasteiger partial charge is 0.165 e. The fourth-order valence-electron chi connectivity index (χ4n) is 2.01. The van der Waals surface area contributed by atoms with Crippen LogP contribution in [0, 0.1) is 11.6 Å². The zero-order valence-corrected chi connectivity index (χ0v) is 12.5. The van der Waals surface area contributed by atoms with Gasteiger partial charge in [-0.1, -0.05) is 22.0 Å². The van der Waals surface area contributed by atoms with Crippen LogP contribution in [0.3, 0.4) is 0 Å². The van der Waals surface area contributed by atoms with Gasteiger partial charge in [0, 0.05) is 10.5 Å². The molecule has 2 nitrogen and oxygen atoms in total. The average Bonchev–Trinajstić information content (AvgIpc) is 2.37. The van der Waals surface area contributed by atoms with Crippen LogP contribution in [0.15, 0.2) is 40.9 Å². The standard InChI is InChI=1S/C15H14BrF2NO/c1-20-15-7-10(2-3-13(15)18)14(19)6-9-4-11(16)8-12(17)5-9/h2-5,7-8,14H,6,19H2,1H3. The number of hydrogen-bond donors (Lipinski definition) is 1. The molecule has 1 atom stereocenters. The molecular formula is C15H14BrF2NO. The highest BCUT2D eigenvalue weighted by molar-refractivity contribution is 9.10. The van der Waals surface area contributed by atoms with Crippen molar-refractivity contribution in [3.63, 3.8) is 0 Å². The van der Waals surface area contributed by atoms with Crippen LogP contribution < -0.4 is 10.5 Å². The molecule has 5 heteroatoms. The number of rotatable bonds is 4. The summed E-state index contributed by atoms with van der Waals surface area (Å²) in [4.78, 5) is 0. The molecule has 0 radical (unpaired) electrons. The van der Waals surface area contributed by atoms with Gasteiger partial charge in [0.15, 0.2) is 11.6 Å². The second-order valence-electron chi connectivity index (χ2n) is 4.48. The predicted octanol–water partition coefficient (Wildman–Crippen LogP) is 3.98. The van der Waals surface area contributed by atoms with Crippen LogP contribution in [0.25, 0.3) is 0 Å². The van der Waals surface area contributed by atoms with Crippen LogP contribution in [0.2, 0.25) is 0 Å². The van der Waals surface area contributed by atoms with Crippen molar-refractivity contribution >= 4 is 15.9 Å². The van der Waals surface area contributed by atoms with Gasteiger partial charge in [-0.2, -0.15) is 0 Å². The Hall–Kier alpha value is -1.46. The largest absolute Gasteiger partial charge is 0.494 e. The van der Waals surface area contributed by atoms with E-state index in [1.807, 2.05) is 6.07 Å². The van der Waals surface area contributed by atoms with Gasteiger partial charge in [0.2, 0.25) is 0 Å². The van der Waals surface area contributed by atoms with Crippen LogP contribution in [-0.2, 0) is 6.42 Å². The molecule has 0 aliphatic heterocycles. The van der Waals surface area contributed by atoms with Crippen molar-refractivity contribution < 1.29 is 13.5 Å². The third kappa shape index (κ3) is 3.55. The first kappa shape index (κ1) is 14.9. The summed E-state index contributed by atoms with van der Waals surface area (Å²) in [6.45, 7) is 0. The van der Waals surface area contributed by atoms with Crippen molar-refractivity contribution in [3.8, 4) is 5.75 Å². The minimum atomic E-state index is -0.433. The Morgan fingerprint density at radius 3 is 2.60 bits per heavy atom. The molecule has 0 aliphatic rings. The van der Waals surface area contributed by atoms with E-state index in [4.69, 9.17) is 10.5 Å². The molecule has 0 heterocycles. The predicted molar refractivity (Wildman–Crippen MR) is 77.7 cm³/mol. The minimum Gasteiger partial charge on any atom is -0.494 e. The van der Waals surface area contributed by atoms with Gasteiger partial charge in [-0.3, -0.25) is 0 Å². The normalized spacial score (nSPS) is 12.2. The van der Waals surface area contributed by atoms with E-state index in [9.17, 15) is 8.78 Å². The first-order valence-electron chi connectivity index (χ1n) is 6.03. The molecule has 2 rings (SSSR count). The quantitative estimate of drug-likeness (QED) is 0.912. The van der Waals surface area contributed by atoms with Gasteiger partial charge >= 0.3 is 0 Å². The molecule has 1 unspecified atom stereocenters. The molecule has 0 saturated carbocycles. The lowest BCUT2D eigenvalue weighted by molar-refractivity contribution is 0.385. The molecule has 0 saturated heterocycles. The lowest BCUT2D eigenvalue weighted by Gasteiger charge is -2.14. The zero-order valence-electron chi connectivity index (χ0n) is 10.9. The number of hydrogen-bond acceptors (Lipinski definition) is 2. The maximum Gasteiger partial charge on any atom is 0.165 e. The Morgan fingerprint density at radius 2 is 1.95 bits per heavy atom. The second kappa shape index (κ2) is 6.33. The first-order chi connectivity index (χ1) is 9.49.